The van der Waals surface area contributed by atoms with E-state index >= 15 is 0 Å². The molecule has 158 valence electrons. The lowest BCUT2D eigenvalue weighted by atomic mass is 9.97. The standard InChI is InChI=1S/C22H20BrClF2N2O2/c1-12-10-27-18-11-30-20(14-5-4-6-17(29-3)19(14)24)15-9-13(23)7-8-16(15)28(18)21(12)22(2,25)26/h4-9,20H,10-11H2,1-3H3/t20-/m1/s1. The minimum absolute atomic E-state index is 0.0583. The van der Waals surface area contributed by atoms with Crippen LogP contribution in [0.4, 0.5) is 14.5 Å². The maximum absolute atomic E-state index is 14.7. The zero-order chi connectivity index (χ0) is 21.6. The molecule has 2 aromatic carbocycles. The van der Waals surface area contributed by atoms with E-state index in [9.17, 15) is 8.78 Å². The Morgan fingerprint density at radius 2 is 2.03 bits per heavy atom. The maximum Gasteiger partial charge on any atom is 0.285 e. The summed E-state index contributed by atoms with van der Waals surface area (Å²) >= 11 is 10.1. The van der Waals surface area contributed by atoms with Gasteiger partial charge < -0.3 is 9.47 Å². The fourth-order valence-corrected chi connectivity index (χ4v) is 4.63. The number of hydrogen-bond acceptors (Lipinski definition) is 4. The number of allylic oxidation sites excluding steroid dienone is 1. The van der Waals surface area contributed by atoms with Crippen LogP contribution in [0.3, 0.4) is 0 Å². The normalized spacial score (nSPS) is 19.1. The van der Waals surface area contributed by atoms with Gasteiger partial charge in [-0.2, -0.15) is 0 Å². The molecule has 30 heavy (non-hydrogen) atoms. The topological polar surface area (TPSA) is 34.1 Å². The average Bonchev–Trinajstić information content (AvgIpc) is 2.84. The van der Waals surface area contributed by atoms with Gasteiger partial charge in [0.05, 0.1) is 30.1 Å². The first kappa shape index (κ1) is 21.3. The van der Waals surface area contributed by atoms with Crippen molar-refractivity contribution in [1.82, 2.24) is 0 Å². The summed E-state index contributed by atoms with van der Waals surface area (Å²) in [5, 5.41) is 0.422. The van der Waals surface area contributed by atoms with Gasteiger partial charge in [0, 0.05) is 22.5 Å². The second kappa shape index (κ2) is 7.94. The van der Waals surface area contributed by atoms with Crippen molar-refractivity contribution in [3.63, 3.8) is 0 Å². The van der Waals surface area contributed by atoms with Crippen molar-refractivity contribution in [3.05, 3.63) is 68.3 Å². The molecular weight excluding hydrogens is 478 g/mol. The lowest BCUT2D eigenvalue weighted by Gasteiger charge is -2.35. The molecule has 0 N–H and O–H groups in total. The number of aliphatic imine (C=N–C) groups is 1. The van der Waals surface area contributed by atoms with Gasteiger partial charge in [0.15, 0.2) is 0 Å². The lowest BCUT2D eigenvalue weighted by molar-refractivity contribution is 0.0603. The number of anilines is 1. The number of methoxy groups -OCH3 is 1. The first-order chi connectivity index (χ1) is 14.2. The van der Waals surface area contributed by atoms with Crippen LogP contribution in [0.1, 0.15) is 31.1 Å². The molecule has 0 unspecified atom stereocenters. The van der Waals surface area contributed by atoms with Gasteiger partial charge in [0.25, 0.3) is 5.92 Å². The average molecular weight is 498 g/mol. The van der Waals surface area contributed by atoms with E-state index in [0.29, 0.717) is 39.0 Å². The first-order valence-corrected chi connectivity index (χ1v) is 10.5. The zero-order valence-corrected chi connectivity index (χ0v) is 19.0. The van der Waals surface area contributed by atoms with Gasteiger partial charge in [0.1, 0.15) is 24.3 Å². The van der Waals surface area contributed by atoms with E-state index in [1.807, 2.05) is 24.3 Å². The summed E-state index contributed by atoms with van der Waals surface area (Å²) in [7, 11) is 1.54. The highest BCUT2D eigenvalue weighted by Crippen LogP contribution is 2.46. The van der Waals surface area contributed by atoms with Gasteiger partial charge in [-0.3, -0.25) is 9.89 Å². The van der Waals surface area contributed by atoms with Crippen LogP contribution in [0, 0.1) is 0 Å². The summed E-state index contributed by atoms with van der Waals surface area (Å²) in [4.78, 5) is 6.06. The van der Waals surface area contributed by atoms with Gasteiger partial charge in [-0.05, 0) is 36.8 Å². The van der Waals surface area contributed by atoms with Crippen molar-refractivity contribution < 1.29 is 18.3 Å². The molecule has 2 aromatic rings. The number of benzene rings is 2. The van der Waals surface area contributed by atoms with E-state index in [0.717, 1.165) is 11.4 Å². The molecule has 4 rings (SSSR count). The van der Waals surface area contributed by atoms with Crippen molar-refractivity contribution in [2.45, 2.75) is 25.9 Å². The van der Waals surface area contributed by atoms with Gasteiger partial charge in [0.2, 0.25) is 0 Å². The highest BCUT2D eigenvalue weighted by molar-refractivity contribution is 9.10. The second-order valence-electron chi connectivity index (χ2n) is 7.34. The van der Waals surface area contributed by atoms with E-state index in [2.05, 4.69) is 20.9 Å². The summed E-state index contributed by atoms with van der Waals surface area (Å²) in [6.07, 6.45) is -0.583. The van der Waals surface area contributed by atoms with Gasteiger partial charge in [-0.25, -0.2) is 8.78 Å². The highest BCUT2D eigenvalue weighted by atomic mass is 79.9. The molecule has 2 aliphatic rings. The summed E-state index contributed by atoms with van der Waals surface area (Å²) in [5.74, 6) is -2.07. The van der Waals surface area contributed by atoms with Gasteiger partial charge >= 0.3 is 0 Å². The Morgan fingerprint density at radius 1 is 1.27 bits per heavy atom. The molecule has 8 heteroatoms. The maximum atomic E-state index is 14.7. The Labute approximate surface area is 187 Å². The quantitative estimate of drug-likeness (QED) is 0.493. The summed E-state index contributed by atoms with van der Waals surface area (Å²) in [5.41, 5.74) is 2.46. The summed E-state index contributed by atoms with van der Waals surface area (Å²) < 4.78 is 41.7. The minimum Gasteiger partial charge on any atom is -0.495 e. The summed E-state index contributed by atoms with van der Waals surface area (Å²) in [6, 6.07) is 10.9. The van der Waals surface area contributed by atoms with E-state index < -0.39 is 12.0 Å². The number of amidine groups is 1. The van der Waals surface area contributed by atoms with Crippen molar-refractivity contribution in [2.24, 2.45) is 4.99 Å². The van der Waals surface area contributed by atoms with Crippen LogP contribution in [-0.4, -0.2) is 32.0 Å². The third kappa shape index (κ3) is 3.63. The monoisotopic (exact) mass is 496 g/mol. The Bertz CT molecular complexity index is 1070. The van der Waals surface area contributed by atoms with Gasteiger partial charge in [-0.1, -0.05) is 39.7 Å². The Hall–Kier alpha value is -1.96. The SMILES string of the molecule is COc1cccc([C@H]2OCC3=NCC(C)=C(C(C)(F)F)N3c3ccc(Br)cc32)c1Cl. The number of halogens is 4. The van der Waals surface area contributed by atoms with Gasteiger partial charge in [-0.15, -0.1) is 0 Å². The number of hydrogen-bond donors (Lipinski definition) is 0. The largest absolute Gasteiger partial charge is 0.495 e. The van der Waals surface area contributed by atoms with E-state index in [-0.39, 0.29) is 18.8 Å². The molecule has 2 heterocycles. The third-order valence-corrected chi connectivity index (χ3v) is 6.09. The fraction of sp³-hybridized carbons (Fsp3) is 0.318. The molecule has 0 bridgehead atoms. The summed E-state index contributed by atoms with van der Waals surface area (Å²) in [6.45, 7) is 2.88. The molecule has 0 fully saturated rings. The minimum atomic E-state index is -3.04. The van der Waals surface area contributed by atoms with Crippen LogP contribution < -0.4 is 9.64 Å². The molecule has 0 amide bonds. The number of ether oxygens (including phenoxy) is 2. The first-order valence-electron chi connectivity index (χ1n) is 9.37. The predicted octanol–water partition coefficient (Wildman–Crippen LogP) is 6.38. The van der Waals surface area contributed by atoms with Crippen LogP contribution in [0.2, 0.25) is 5.02 Å². The number of rotatable bonds is 3. The Kier molecular flexibility index (Phi) is 5.64. The number of nitrogens with zero attached hydrogens (tertiary/aromatic N) is 2. The van der Waals surface area contributed by atoms with E-state index in [4.69, 9.17) is 21.1 Å². The van der Waals surface area contributed by atoms with Crippen LogP contribution >= 0.6 is 27.5 Å². The van der Waals surface area contributed by atoms with E-state index in [1.54, 1.807) is 26.2 Å². The zero-order valence-electron chi connectivity index (χ0n) is 16.7. The van der Waals surface area contributed by atoms with Crippen LogP contribution in [0.25, 0.3) is 0 Å². The second-order valence-corrected chi connectivity index (χ2v) is 8.64. The molecule has 2 aliphatic heterocycles. The van der Waals surface area contributed by atoms with Crippen molar-refractivity contribution in [1.29, 1.82) is 0 Å². The molecule has 1 atom stereocenters. The van der Waals surface area contributed by atoms with Crippen molar-refractivity contribution >= 4 is 39.1 Å². The molecule has 0 saturated carbocycles. The smallest absolute Gasteiger partial charge is 0.285 e. The van der Waals surface area contributed by atoms with Crippen LogP contribution in [-0.2, 0) is 4.74 Å². The Balaban J connectivity index is 1.95. The van der Waals surface area contributed by atoms with E-state index in [1.165, 1.54) is 4.90 Å². The van der Waals surface area contributed by atoms with Crippen molar-refractivity contribution in [3.8, 4) is 5.75 Å². The highest BCUT2D eigenvalue weighted by Gasteiger charge is 2.41. The molecule has 0 spiro atoms. The van der Waals surface area contributed by atoms with Crippen molar-refractivity contribution in [2.75, 3.05) is 25.2 Å². The van der Waals surface area contributed by atoms with Crippen LogP contribution in [0.5, 0.6) is 5.75 Å². The fourth-order valence-electron chi connectivity index (χ4n) is 3.95. The molecular formula is C22H20BrClF2N2O2. The molecule has 0 saturated heterocycles. The lowest BCUT2D eigenvalue weighted by Crippen LogP contribution is -2.42. The number of fused-ring (bicyclic) bond motifs is 3. The van der Waals surface area contributed by atoms with Crippen LogP contribution in [0.15, 0.2) is 57.1 Å². The number of alkyl halides is 2. The molecule has 0 aliphatic carbocycles. The predicted molar refractivity (Wildman–Crippen MR) is 118 cm³/mol. The molecule has 0 aromatic heterocycles. The third-order valence-electron chi connectivity index (χ3n) is 5.19. The molecule has 4 nitrogen and oxygen atoms in total. The Morgan fingerprint density at radius 3 is 2.73 bits per heavy atom. The molecule has 0 radical (unpaired) electrons.